The minimum absolute atomic E-state index is 0.0512. The van der Waals surface area contributed by atoms with E-state index in [1.807, 2.05) is 0 Å². The summed E-state index contributed by atoms with van der Waals surface area (Å²) in [6.07, 6.45) is -0.884. The maximum absolute atomic E-state index is 11.4. The van der Waals surface area contributed by atoms with Gasteiger partial charge >= 0.3 is 19.8 Å². The van der Waals surface area contributed by atoms with Crippen molar-refractivity contribution in [2.75, 3.05) is 26.4 Å². The highest BCUT2D eigenvalue weighted by molar-refractivity contribution is 7.47. The van der Waals surface area contributed by atoms with Gasteiger partial charge in [-0.05, 0) is 0 Å². The van der Waals surface area contributed by atoms with Gasteiger partial charge in [-0.2, -0.15) is 0 Å². The van der Waals surface area contributed by atoms with Gasteiger partial charge in [-0.25, -0.2) is 4.57 Å². The molecule has 0 aromatic rings. The van der Waals surface area contributed by atoms with E-state index in [1.165, 1.54) is 6.92 Å². The normalized spacial score (nSPS) is 15.2. The quantitative estimate of drug-likeness (QED) is 0.421. The summed E-state index contributed by atoms with van der Waals surface area (Å²) < 4.78 is 30.1. The van der Waals surface area contributed by atoms with E-state index in [1.54, 1.807) is 6.92 Å². The largest absolute Gasteiger partial charge is 0.472 e. The third-order valence-corrected chi connectivity index (χ3v) is 2.84. The van der Waals surface area contributed by atoms with Crippen LogP contribution in [0, 0.1) is 0 Å². The Morgan fingerprint density at radius 3 is 2.45 bits per heavy atom. The molecule has 9 nitrogen and oxygen atoms in total. The van der Waals surface area contributed by atoms with Crippen molar-refractivity contribution in [1.82, 2.24) is 0 Å². The summed E-state index contributed by atoms with van der Waals surface area (Å²) in [6, 6.07) is 0. The van der Waals surface area contributed by atoms with Gasteiger partial charge in [0.15, 0.2) is 6.10 Å². The molecule has 0 rings (SSSR count). The van der Waals surface area contributed by atoms with Crippen molar-refractivity contribution in [2.24, 2.45) is 5.73 Å². The number of hydrogen-bond acceptors (Lipinski definition) is 8. The van der Waals surface area contributed by atoms with E-state index in [9.17, 15) is 19.0 Å². The lowest BCUT2D eigenvalue weighted by molar-refractivity contribution is -0.159. The molecule has 0 saturated carbocycles. The molecule has 3 N–H and O–H groups in total. The highest BCUT2D eigenvalue weighted by Gasteiger charge is 2.25. The Balaban J connectivity index is 4.36. The van der Waals surface area contributed by atoms with Crippen LogP contribution in [0.15, 0.2) is 0 Å². The van der Waals surface area contributed by atoms with Gasteiger partial charge in [-0.3, -0.25) is 18.6 Å². The Hall–Kier alpha value is -0.990. The van der Waals surface area contributed by atoms with Gasteiger partial charge in [0, 0.05) is 19.9 Å². The third-order valence-electron chi connectivity index (χ3n) is 1.86. The molecule has 2 atom stereocenters. The Kier molecular flexibility index (Phi) is 9.35. The highest BCUT2D eigenvalue weighted by Crippen LogP contribution is 2.42. The zero-order valence-corrected chi connectivity index (χ0v) is 12.3. The number of esters is 2. The summed E-state index contributed by atoms with van der Waals surface area (Å²) in [5.41, 5.74) is 5.12. The van der Waals surface area contributed by atoms with Crippen LogP contribution in [0.2, 0.25) is 0 Å². The molecule has 0 aliphatic carbocycles. The summed E-state index contributed by atoms with van der Waals surface area (Å²) >= 11 is 0. The molecule has 0 amide bonds. The summed E-state index contributed by atoms with van der Waals surface area (Å²) in [7, 11) is -4.27. The molecule has 0 fully saturated rings. The first-order chi connectivity index (χ1) is 9.30. The van der Waals surface area contributed by atoms with Crippen molar-refractivity contribution in [3.05, 3.63) is 0 Å². The predicted molar refractivity (Wildman–Crippen MR) is 67.6 cm³/mol. The molecule has 20 heavy (non-hydrogen) atoms. The van der Waals surface area contributed by atoms with Crippen LogP contribution in [0.3, 0.4) is 0 Å². The van der Waals surface area contributed by atoms with Crippen molar-refractivity contribution >= 4 is 19.8 Å². The van der Waals surface area contributed by atoms with Gasteiger partial charge in [0.05, 0.1) is 13.2 Å². The molecule has 0 heterocycles. The molecule has 0 aromatic heterocycles. The summed E-state index contributed by atoms with van der Waals surface area (Å²) in [5.74, 6) is -1.13. The molecule has 1 unspecified atom stereocenters. The molecule has 10 heteroatoms. The van der Waals surface area contributed by atoms with Crippen LogP contribution < -0.4 is 5.73 Å². The Morgan fingerprint density at radius 1 is 1.30 bits per heavy atom. The van der Waals surface area contributed by atoms with E-state index >= 15 is 0 Å². The second-order valence-electron chi connectivity index (χ2n) is 3.65. The predicted octanol–water partition coefficient (Wildman–Crippen LogP) is -0.0364. The molecule has 0 aliphatic heterocycles. The zero-order valence-electron chi connectivity index (χ0n) is 11.4. The van der Waals surface area contributed by atoms with Crippen molar-refractivity contribution < 1.29 is 37.6 Å². The van der Waals surface area contributed by atoms with Crippen LogP contribution in [-0.4, -0.2) is 49.3 Å². The van der Waals surface area contributed by atoms with Gasteiger partial charge in [0.2, 0.25) is 0 Å². The van der Waals surface area contributed by atoms with E-state index < -0.39 is 32.5 Å². The van der Waals surface area contributed by atoms with Crippen LogP contribution in [0.4, 0.5) is 0 Å². The van der Waals surface area contributed by atoms with E-state index in [4.69, 9.17) is 10.5 Å². The number of carbonyl (C=O) groups is 2. The first-order valence-electron chi connectivity index (χ1n) is 5.95. The fraction of sp³-hybridized carbons (Fsp3) is 0.800. The van der Waals surface area contributed by atoms with Crippen LogP contribution >= 0.6 is 7.82 Å². The van der Waals surface area contributed by atoms with E-state index in [2.05, 4.69) is 13.8 Å². The molecule has 0 saturated heterocycles. The number of ether oxygens (including phenoxy) is 2. The second-order valence-corrected chi connectivity index (χ2v) is 5.11. The van der Waals surface area contributed by atoms with Crippen molar-refractivity contribution in [1.29, 1.82) is 0 Å². The average Bonchev–Trinajstić information content (AvgIpc) is 2.39. The number of phosphoric ester groups is 1. The van der Waals surface area contributed by atoms with Gasteiger partial charge in [0.1, 0.15) is 6.61 Å². The topological polar surface area (TPSA) is 134 Å². The highest BCUT2D eigenvalue weighted by atomic mass is 31.2. The lowest BCUT2D eigenvalue weighted by Gasteiger charge is -2.19. The Morgan fingerprint density at radius 2 is 1.95 bits per heavy atom. The minimum atomic E-state index is -4.27. The molecule has 0 radical (unpaired) electrons. The molecular formula is C10H20NO8P. The lowest BCUT2D eigenvalue weighted by Crippen LogP contribution is -2.29. The smallest absolute Gasteiger partial charge is 0.462 e. The van der Waals surface area contributed by atoms with Gasteiger partial charge in [-0.15, -0.1) is 0 Å². The average molecular weight is 313 g/mol. The monoisotopic (exact) mass is 313 g/mol. The zero-order chi connectivity index (χ0) is 15.6. The van der Waals surface area contributed by atoms with Crippen molar-refractivity contribution in [3.8, 4) is 0 Å². The SMILES string of the molecule is CCC(=O)O[C@@H](COC(C)=O)COP(=O)(O)OCCN. The standard InChI is InChI=1S/C10H20NO8P/c1-3-10(13)19-9(6-16-8(2)12)7-18-20(14,15)17-5-4-11/h9H,3-7,11H2,1-2H3,(H,14,15)/t9-/m0/s1. The second kappa shape index (κ2) is 9.84. The molecule has 0 spiro atoms. The summed E-state index contributed by atoms with van der Waals surface area (Å²) in [4.78, 5) is 31.1. The lowest BCUT2D eigenvalue weighted by atomic mass is 10.4. The number of nitrogens with two attached hydrogens (primary N) is 1. The molecule has 0 aliphatic rings. The van der Waals surface area contributed by atoms with Crippen LogP contribution in [0.5, 0.6) is 0 Å². The molecular weight excluding hydrogens is 293 g/mol. The first kappa shape index (κ1) is 19.0. The number of carbonyl (C=O) groups excluding carboxylic acids is 2. The summed E-state index contributed by atoms with van der Waals surface area (Å²) in [6.45, 7) is 1.93. The minimum Gasteiger partial charge on any atom is -0.462 e. The van der Waals surface area contributed by atoms with Crippen molar-refractivity contribution in [3.63, 3.8) is 0 Å². The summed E-state index contributed by atoms with van der Waals surface area (Å²) in [5, 5.41) is 0. The van der Waals surface area contributed by atoms with Gasteiger partial charge in [0.25, 0.3) is 0 Å². The molecule has 0 bridgehead atoms. The van der Waals surface area contributed by atoms with Crippen molar-refractivity contribution in [2.45, 2.75) is 26.4 Å². The van der Waals surface area contributed by atoms with Crippen LogP contribution in [0.25, 0.3) is 0 Å². The Labute approximate surface area is 116 Å². The van der Waals surface area contributed by atoms with Gasteiger partial charge < -0.3 is 20.1 Å². The van der Waals surface area contributed by atoms with E-state index in [0.29, 0.717) is 0 Å². The fourth-order valence-corrected chi connectivity index (χ4v) is 1.74. The third kappa shape index (κ3) is 9.88. The first-order valence-corrected chi connectivity index (χ1v) is 7.45. The van der Waals surface area contributed by atoms with Crippen LogP contribution in [0.1, 0.15) is 20.3 Å². The molecule has 0 aromatic carbocycles. The number of phosphoric acid groups is 1. The Bertz CT molecular complexity index is 361. The van der Waals surface area contributed by atoms with E-state index in [0.717, 1.165) is 0 Å². The van der Waals surface area contributed by atoms with Gasteiger partial charge in [-0.1, -0.05) is 6.92 Å². The maximum atomic E-state index is 11.4. The maximum Gasteiger partial charge on any atom is 0.472 e. The van der Waals surface area contributed by atoms with E-state index in [-0.39, 0.29) is 26.2 Å². The fourth-order valence-electron chi connectivity index (χ4n) is 0.978. The van der Waals surface area contributed by atoms with Crippen LogP contribution in [-0.2, 0) is 32.7 Å². The number of rotatable bonds is 10. The molecule has 118 valence electrons. The number of hydrogen-bond donors (Lipinski definition) is 2.